The zero-order chi connectivity index (χ0) is 20.1. The summed E-state index contributed by atoms with van der Waals surface area (Å²) in [4.78, 5) is 14.4. The lowest BCUT2D eigenvalue weighted by Gasteiger charge is -2.35. The number of nitrogens with zero attached hydrogens (tertiary/aromatic N) is 4. The summed E-state index contributed by atoms with van der Waals surface area (Å²) in [6, 6.07) is 14.5. The van der Waals surface area contributed by atoms with Crippen LogP contribution in [0.4, 0.5) is 5.82 Å². The lowest BCUT2D eigenvalue weighted by molar-refractivity contribution is 0.144. The van der Waals surface area contributed by atoms with Crippen LogP contribution in [-0.4, -0.2) is 67.9 Å². The van der Waals surface area contributed by atoms with Crippen molar-refractivity contribution in [1.82, 2.24) is 14.9 Å². The van der Waals surface area contributed by atoms with Crippen LogP contribution in [0.2, 0.25) is 0 Å². The van der Waals surface area contributed by atoms with E-state index >= 15 is 0 Å². The van der Waals surface area contributed by atoms with Gasteiger partial charge in [0, 0.05) is 56.5 Å². The largest absolute Gasteiger partial charge is 0.475 e. The molecular formula is C23H28N4O2. The second kappa shape index (κ2) is 9.20. The van der Waals surface area contributed by atoms with Gasteiger partial charge in [0.05, 0.1) is 12.3 Å². The third kappa shape index (κ3) is 4.49. The Morgan fingerprint density at radius 3 is 2.55 bits per heavy atom. The second-order valence-electron chi connectivity index (χ2n) is 7.20. The van der Waals surface area contributed by atoms with Crippen molar-refractivity contribution in [3.63, 3.8) is 0 Å². The number of rotatable bonds is 7. The molecule has 2 aromatic heterocycles. The Morgan fingerprint density at radius 1 is 1.00 bits per heavy atom. The van der Waals surface area contributed by atoms with Gasteiger partial charge in [0.1, 0.15) is 12.4 Å². The van der Waals surface area contributed by atoms with Crippen molar-refractivity contribution in [2.24, 2.45) is 0 Å². The normalized spacial score (nSPS) is 15.0. The second-order valence-corrected chi connectivity index (χ2v) is 7.20. The average Bonchev–Trinajstić information content (AvgIpc) is 2.79. The van der Waals surface area contributed by atoms with Gasteiger partial charge in [0.2, 0.25) is 5.88 Å². The van der Waals surface area contributed by atoms with E-state index in [1.54, 1.807) is 7.11 Å². The van der Waals surface area contributed by atoms with Crippen LogP contribution < -0.4 is 9.64 Å². The van der Waals surface area contributed by atoms with Crippen molar-refractivity contribution in [3.05, 3.63) is 48.7 Å². The lowest BCUT2D eigenvalue weighted by atomic mass is 10.1. The highest BCUT2D eigenvalue weighted by molar-refractivity contribution is 5.95. The fraction of sp³-hybridized carbons (Fsp3) is 0.391. The summed E-state index contributed by atoms with van der Waals surface area (Å²) in [6.07, 6.45) is 1.83. The molecule has 3 aromatic rings. The molecule has 1 saturated heterocycles. The molecule has 3 heterocycles. The highest BCUT2D eigenvalue weighted by Crippen LogP contribution is 2.30. The third-order valence-corrected chi connectivity index (χ3v) is 5.41. The van der Waals surface area contributed by atoms with Gasteiger partial charge in [0.25, 0.3) is 0 Å². The molecule has 152 valence electrons. The van der Waals surface area contributed by atoms with E-state index in [1.165, 1.54) is 10.8 Å². The first kappa shape index (κ1) is 19.6. The molecule has 0 radical (unpaired) electrons. The number of pyridine rings is 2. The number of hydrogen-bond acceptors (Lipinski definition) is 6. The predicted octanol–water partition coefficient (Wildman–Crippen LogP) is 3.46. The van der Waals surface area contributed by atoms with Gasteiger partial charge in [0.15, 0.2) is 0 Å². The molecule has 1 aliphatic heterocycles. The maximum Gasteiger partial charge on any atom is 0.213 e. The average molecular weight is 393 g/mol. The molecule has 1 aromatic carbocycles. The summed E-state index contributed by atoms with van der Waals surface area (Å²) in [6.45, 7) is 8.51. The molecular weight excluding hydrogens is 364 g/mol. The van der Waals surface area contributed by atoms with Crippen LogP contribution in [0.1, 0.15) is 6.92 Å². The molecule has 0 spiro atoms. The maximum absolute atomic E-state index is 5.58. The summed E-state index contributed by atoms with van der Waals surface area (Å²) >= 11 is 0. The van der Waals surface area contributed by atoms with Crippen molar-refractivity contribution < 1.29 is 9.47 Å². The number of hydrogen-bond donors (Lipinski definition) is 0. The first-order valence-corrected chi connectivity index (χ1v) is 10.2. The smallest absolute Gasteiger partial charge is 0.213 e. The van der Waals surface area contributed by atoms with Gasteiger partial charge in [-0.25, -0.2) is 9.97 Å². The number of fused-ring (bicyclic) bond motifs is 1. The fourth-order valence-electron chi connectivity index (χ4n) is 3.69. The molecule has 1 aliphatic rings. The molecule has 0 atom stereocenters. The van der Waals surface area contributed by atoms with Gasteiger partial charge < -0.3 is 19.3 Å². The number of piperazine rings is 1. The topological polar surface area (TPSA) is 50.7 Å². The monoisotopic (exact) mass is 392 g/mol. The molecule has 4 rings (SSSR count). The summed E-state index contributed by atoms with van der Waals surface area (Å²) in [7, 11) is 1.66. The van der Waals surface area contributed by atoms with Crippen LogP contribution in [-0.2, 0) is 4.74 Å². The number of benzene rings is 1. The summed E-state index contributed by atoms with van der Waals surface area (Å²) < 4.78 is 10.6. The van der Waals surface area contributed by atoms with E-state index in [9.17, 15) is 0 Å². The molecule has 0 saturated carbocycles. The third-order valence-electron chi connectivity index (χ3n) is 5.41. The van der Waals surface area contributed by atoms with E-state index in [4.69, 9.17) is 14.5 Å². The molecule has 0 N–H and O–H groups in total. The molecule has 0 aliphatic carbocycles. The van der Waals surface area contributed by atoms with Crippen molar-refractivity contribution >= 4 is 16.6 Å². The van der Waals surface area contributed by atoms with Gasteiger partial charge in [-0.05, 0) is 24.1 Å². The predicted molar refractivity (Wildman–Crippen MR) is 117 cm³/mol. The van der Waals surface area contributed by atoms with Gasteiger partial charge in [-0.3, -0.25) is 0 Å². The first-order chi connectivity index (χ1) is 14.3. The molecule has 6 heteroatoms. The molecule has 6 nitrogen and oxygen atoms in total. The minimum absolute atomic E-state index is 0.491. The highest BCUT2D eigenvalue weighted by atomic mass is 16.5. The van der Waals surface area contributed by atoms with E-state index in [0.29, 0.717) is 19.1 Å². The first-order valence-electron chi connectivity index (χ1n) is 10.2. The van der Waals surface area contributed by atoms with E-state index in [1.807, 2.05) is 18.3 Å². The van der Waals surface area contributed by atoms with Crippen molar-refractivity contribution in [1.29, 1.82) is 0 Å². The molecule has 0 bridgehead atoms. The zero-order valence-corrected chi connectivity index (χ0v) is 17.2. The van der Waals surface area contributed by atoms with E-state index in [2.05, 4.69) is 52.0 Å². The van der Waals surface area contributed by atoms with Crippen LogP contribution in [0.3, 0.4) is 0 Å². The number of aromatic nitrogens is 2. The van der Waals surface area contributed by atoms with Crippen LogP contribution in [0.5, 0.6) is 5.88 Å². The zero-order valence-electron chi connectivity index (χ0n) is 17.2. The van der Waals surface area contributed by atoms with Crippen LogP contribution in [0.15, 0.2) is 48.7 Å². The van der Waals surface area contributed by atoms with Crippen molar-refractivity contribution in [2.75, 3.05) is 57.9 Å². The number of methoxy groups -OCH3 is 1. The Hall–Kier alpha value is -2.70. The molecule has 0 unspecified atom stereocenters. The van der Waals surface area contributed by atoms with Gasteiger partial charge in [-0.15, -0.1) is 0 Å². The summed E-state index contributed by atoms with van der Waals surface area (Å²) in [5.41, 5.74) is 1.93. The van der Waals surface area contributed by atoms with Crippen molar-refractivity contribution in [2.45, 2.75) is 6.92 Å². The van der Waals surface area contributed by atoms with E-state index < -0.39 is 0 Å². The van der Waals surface area contributed by atoms with Gasteiger partial charge in [-0.2, -0.15) is 0 Å². The minimum Gasteiger partial charge on any atom is -0.475 e. The Balaban J connectivity index is 1.63. The standard InChI is InChI=1S/C23H28N4O2/c1-3-26-10-12-27(13-11-26)23-20-7-5-4-6-18(20)16-21(25-23)19-8-9-22(24-17-19)29-15-14-28-2/h4-9,16-17H,3,10-15H2,1-2H3. The van der Waals surface area contributed by atoms with Crippen molar-refractivity contribution in [3.8, 4) is 17.1 Å². The Bertz CT molecular complexity index is 937. The summed E-state index contributed by atoms with van der Waals surface area (Å²) in [5, 5.41) is 2.40. The number of anilines is 1. The van der Waals surface area contributed by atoms with Crippen LogP contribution >= 0.6 is 0 Å². The molecule has 29 heavy (non-hydrogen) atoms. The lowest BCUT2D eigenvalue weighted by Crippen LogP contribution is -2.46. The Labute approximate surface area is 172 Å². The van der Waals surface area contributed by atoms with Crippen LogP contribution in [0.25, 0.3) is 22.0 Å². The minimum atomic E-state index is 0.491. The van der Waals surface area contributed by atoms with Gasteiger partial charge >= 0.3 is 0 Å². The maximum atomic E-state index is 5.58. The van der Waals surface area contributed by atoms with Gasteiger partial charge in [-0.1, -0.05) is 31.2 Å². The molecule has 1 fully saturated rings. The summed E-state index contributed by atoms with van der Waals surface area (Å²) in [5.74, 6) is 1.66. The van der Waals surface area contributed by atoms with E-state index in [-0.39, 0.29) is 0 Å². The Kier molecular flexibility index (Phi) is 6.22. The fourth-order valence-corrected chi connectivity index (χ4v) is 3.69. The number of ether oxygens (including phenoxy) is 2. The quantitative estimate of drug-likeness (QED) is 0.574. The molecule has 0 amide bonds. The number of likely N-dealkylation sites (N-methyl/N-ethyl adjacent to an activating group) is 1. The highest BCUT2D eigenvalue weighted by Gasteiger charge is 2.19. The SMILES string of the molecule is CCN1CCN(c2nc(-c3ccc(OCCOC)nc3)cc3ccccc23)CC1. The Morgan fingerprint density at radius 2 is 1.83 bits per heavy atom. The van der Waals surface area contributed by atoms with Crippen LogP contribution in [0, 0.1) is 0 Å². The van der Waals surface area contributed by atoms with E-state index in [0.717, 1.165) is 49.8 Å².